The van der Waals surface area contributed by atoms with Gasteiger partial charge in [-0.25, -0.2) is 0 Å². The fraction of sp³-hybridized carbons (Fsp3) is 0.500. The predicted octanol–water partition coefficient (Wildman–Crippen LogP) is 0.114. The number of likely N-dealkylation sites (tertiary alicyclic amines) is 1. The first-order chi connectivity index (χ1) is 11.8. The molecule has 0 aromatic heterocycles. The smallest absolute Gasteiger partial charge is 0.255 e. The van der Waals surface area contributed by atoms with Gasteiger partial charge in [-0.2, -0.15) is 0 Å². The van der Waals surface area contributed by atoms with Crippen molar-refractivity contribution in [3.8, 4) is 0 Å². The Hall–Kier alpha value is -2.41. The lowest BCUT2D eigenvalue weighted by atomic mass is 10.0. The summed E-state index contributed by atoms with van der Waals surface area (Å²) in [6, 6.07) is 5.76. The fourth-order valence-corrected chi connectivity index (χ4v) is 3.78. The van der Waals surface area contributed by atoms with E-state index >= 15 is 0 Å². The standard InChI is InChI=1S/C18H23N3O4/c1-10(2)15(18(25)20-9-12(22)7-14(20)16(19)23)21-8-11-5-3-4-6-13(11)17(21)24/h3-6,10,12,14-15,22H,7-9H2,1-2H3,(H2,19,23)/t12?,14?,15-/m0/s1. The average Bonchev–Trinajstić information content (AvgIpc) is 3.09. The second-order valence-corrected chi connectivity index (χ2v) is 7.08. The molecule has 2 heterocycles. The summed E-state index contributed by atoms with van der Waals surface area (Å²) >= 11 is 0. The number of hydrogen-bond donors (Lipinski definition) is 2. The minimum absolute atomic E-state index is 0.0602. The van der Waals surface area contributed by atoms with Crippen molar-refractivity contribution in [2.75, 3.05) is 6.54 Å². The highest BCUT2D eigenvalue weighted by Crippen LogP contribution is 2.29. The van der Waals surface area contributed by atoms with Gasteiger partial charge in [0.05, 0.1) is 6.10 Å². The van der Waals surface area contributed by atoms with Crippen LogP contribution in [0.1, 0.15) is 36.2 Å². The van der Waals surface area contributed by atoms with Crippen LogP contribution in [-0.4, -0.2) is 57.4 Å². The Morgan fingerprint density at radius 2 is 1.96 bits per heavy atom. The Morgan fingerprint density at radius 1 is 1.28 bits per heavy atom. The third kappa shape index (κ3) is 3.00. The van der Waals surface area contributed by atoms with Crippen LogP contribution in [0.25, 0.3) is 0 Å². The highest BCUT2D eigenvalue weighted by Gasteiger charge is 2.45. The van der Waals surface area contributed by atoms with E-state index < -0.39 is 24.1 Å². The fourth-order valence-electron chi connectivity index (χ4n) is 3.78. The summed E-state index contributed by atoms with van der Waals surface area (Å²) < 4.78 is 0. The van der Waals surface area contributed by atoms with Crippen LogP contribution in [-0.2, 0) is 16.1 Å². The molecule has 0 bridgehead atoms. The molecule has 2 aliphatic heterocycles. The summed E-state index contributed by atoms with van der Waals surface area (Å²) in [5, 5.41) is 9.87. The van der Waals surface area contributed by atoms with Crippen molar-refractivity contribution in [2.45, 2.75) is 45.0 Å². The zero-order chi connectivity index (χ0) is 18.3. The van der Waals surface area contributed by atoms with Gasteiger partial charge in [0.25, 0.3) is 5.91 Å². The summed E-state index contributed by atoms with van der Waals surface area (Å²) in [6.07, 6.45) is -0.638. The van der Waals surface area contributed by atoms with Gasteiger partial charge in [0.1, 0.15) is 12.1 Å². The molecule has 1 aromatic rings. The Labute approximate surface area is 146 Å². The maximum atomic E-state index is 13.1. The molecular formula is C18H23N3O4. The molecule has 2 aliphatic rings. The van der Waals surface area contributed by atoms with Crippen molar-refractivity contribution in [1.82, 2.24) is 9.80 Å². The van der Waals surface area contributed by atoms with Gasteiger partial charge in [0.15, 0.2) is 0 Å². The van der Waals surface area contributed by atoms with Gasteiger partial charge in [0.2, 0.25) is 11.8 Å². The Kier molecular flexibility index (Phi) is 4.51. The largest absolute Gasteiger partial charge is 0.391 e. The number of amides is 3. The van der Waals surface area contributed by atoms with E-state index in [1.807, 2.05) is 26.0 Å². The van der Waals surface area contributed by atoms with E-state index in [1.165, 1.54) is 4.90 Å². The maximum Gasteiger partial charge on any atom is 0.255 e. The molecule has 0 radical (unpaired) electrons. The van der Waals surface area contributed by atoms with E-state index in [0.717, 1.165) is 5.56 Å². The molecule has 1 aromatic carbocycles. The molecule has 0 aliphatic carbocycles. The molecule has 0 saturated carbocycles. The molecule has 1 saturated heterocycles. The summed E-state index contributed by atoms with van der Waals surface area (Å²) in [5.41, 5.74) is 6.88. The van der Waals surface area contributed by atoms with Crippen molar-refractivity contribution in [2.24, 2.45) is 11.7 Å². The van der Waals surface area contributed by atoms with E-state index in [1.54, 1.807) is 17.0 Å². The first kappa shape index (κ1) is 17.4. The molecule has 7 heteroatoms. The molecule has 25 heavy (non-hydrogen) atoms. The second-order valence-electron chi connectivity index (χ2n) is 7.08. The molecule has 3 rings (SSSR count). The lowest BCUT2D eigenvalue weighted by Crippen LogP contribution is -2.54. The van der Waals surface area contributed by atoms with E-state index in [0.29, 0.717) is 12.1 Å². The molecular weight excluding hydrogens is 322 g/mol. The Bertz CT molecular complexity index is 718. The Morgan fingerprint density at radius 3 is 2.56 bits per heavy atom. The van der Waals surface area contributed by atoms with Crippen molar-refractivity contribution in [1.29, 1.82) is 0 Å². The highest BCUT2D eigenvalue weighted by molar-refractivity contribution is 6.01. The predicted molar refractivity (Wildman–Crippen MR) is 90.3 cm³/mol. The molecule has 1 fully saturated rings. The molecule has 3 N–H and O–H groups in total. The monoisotopic (exact) mass is 345 g/mol. The van der Waals surface area contributed by atoms with Gasteiger partial charge < -0.3 is 20.6 Å². The van der Waals surface area contributed by atoms with Crippen LogP contribution in [0.4, 0.5) is 0 Å². The average molecular weight is 345 g/mol. The van der Waals surface area contributed by atoms with Gasteiger partial charge in [-0.3, -0.25) is 14.4 Å². The van der Waals surface area contributed by atoms with Crippen molar-refractivity contribution < 1.29 is 19.5 Å². The molecule has 134 valence electrons. The quantitative estimate of drug-likeness (QED) is 0.808. The zero-order valence-electron chi connectivity index (χ0n) is 14.4. The van der Waals surface area contributed by atoms with E-state index in [2.05, 4.69) is 0 Å². The highest BCUT2D eigenvalue weighted by atomic mass is 16.3. The molecule has 0 spiro atoms. The van der Waals surface area contributed by atoms with Crippen LogP contribution in [0.15, 0.2) is 24.3 Å². The van der Waals surface area contributed by atoms with Crippen LogP contribution in [0.3, 0.4) is 0 Å². The molecule has 3 atom stereocenters. The number of aliphatic hydroxyl groups excluding tert-OH is 1. The number of nitrogens with two attached hydrogens (primary N) is 1. The van der Waals surface area contributed by atoms with Gasteiger partial charge in [-0.05, 0) is 17.5 Å². The number of rotatable bonds is 4. The van der Waals surface area contributed by atoms with E-state index in [4.69, 9.17) is 5.73 Å². The first-order valence-electron chi connectivity index (χ1n) is 8.48. The van der Waals surface area contributed by atoms with Crippen LogP contribution in [0.5, 0.6) is 0 Å². The number of primary amides is 1. The number of carbonyl (C=O) groups is 3. The maximum absolute atomic E-state index is 13.1. The normalized spacial score (nSPS) is 23.9. The topological polar surface area (TPSA) is 104 Å². The van der Waals surface area contributed by atoms with Crippen molar-refractivity contribution in [3.05, 3.63) is 35.4 Å². The molecule has 2 unspecified atom stereocenters. The number of fused-ring (bicyclic) bond motifs is 1. The molecule has 3 amide bonds. The summed E-state index contributed by atoms with van der Waals surface area (Å²) in [6.45, 7) is 4.15. The van der Waals surface area contributed by atoms with Crippen LogP contribution < -0.4 is 5.73 Å². The van der Waals surface area contributed by atoms with Crippen LogP contribution in [0.2, 0.25) is 0 Å². The van der Waals surface area contributed by atoms with Gasteiger partial charge in [0, 0.05) is 25.1 Å². The van der Waals surface area contributed by atoms with Crippen molar-refractivity contribution in [3.63, 3.8) is 0 Å². The van der Waals surface area contributed by atoms with Crippen LogP contribution >= 0.6 is 0 Å². The summed E-state index contributed by atoms with van der Waals surface area (Å²) in [5.74, 6) is -1.30. The first-order valence-corrected chi connectivity index (χ1v) is 8.48. The summed E-state index contributed by atoms with van der Waals surface area (Å²) in [4.78, 5) is 40.4. The minimum Gasteiger partial charge on any atom is -0.391 e. The van der Waals surface area contributed by atoms with Crippen molar-refractivity contribution >= 4 is 17.7 Å². The van der Waals surface area contributed by atoms with E-state index in [9.17, 15) is 19.5 Å². The SMILES string of the molecule is CC(C)[C@@H](C(=O)N1CC(O)CC1C(N)=O)N1Cc2ccccc2C1=O. The van der Waals surface area contributed by atoms with E-state index in [-0.39, 0.29) is 30.7 Å². The Balaban J connectivity index is 1.89. The number of carbonyl (C=O) groups excluding carboxylic acids is 3. The number of benzene rings is 1. The lowest BCUT2D eigenvalue weighted by Gasteiger charge is -2.34. The third-order valence-electron chi connectivity index (χ3n) is 4.96. The molecule has 7 nitrogen and oxygen atoms in total. The zero-order valence-corrected chi connectivity index (χ0v) is 14.4. The van der Waals surface area contributed by atoms with Gasteiger partial charge in [-0.15, -0.1) is 0 Å². The number of hydrogen-bond acceptors (Lipinski definition) is 4. The number of nitrogens with zero attached hydrogens (tertiary/aromatic N) is 2. The number of β-amino-alcohol motifs (C(OH)–C–C–N with tert-alkyl or cyclic N) is 1. The third-order valence-corrected chi connectivity index (χ3v) is 4.96. The van der Waals surface area contributed by atoms with Gasteiger partial charge in [-0.1, -0.05) is 32.0 Å². The second kappa shape index (κ2) is 6.48. The summed E-state index contributed by atoms with van der Waals surface area (Å²) in [7, 11) is 0. The van der Waals surface area contributed by atoms with Gasteiger partial charge >= 0.3 is 0 Å². The van der Waals surface area contributed by atoms with Crippen LogP contribution in [0, 0.1) is 5.92 Å². The minimum atomic E-state index is -0.830. The number of aliphatic hydroxyl groups is 1. The lowest BCUT2D eigenvalue weighted by molar-refractivity contribution is -0.142.